The quantitative estimate of drug-likeness (QED) is 0.175. The molecule has 0 radical (unpaired) electrons. The summed E-state index contributed by atoms with van der Waals surface area (Å²) in [4.78, 5) is 18.1. The van der Waals surface area contributed by atoms with Crippen LogP contribution in [0.1, 0.15) is 62.0 Å². The zero-order valence-corrected chi connectivity index (χ0v) is 26.4. The lowest BCUT2D eigenvalue weighted by molar-refractivity contribution is 0.0682. The lowest BCUT2D eigenvalue weighted by Gasteiger charge is -2.41. The Balaban J connectivity index is 1.38. The molecule has 0 bridgehead atoms. The zero-order chi connectivity index (χ0) is 30.0. The number of aromatic carboxylic acids is 1. The van der Waals surface area contributed by atoms with Crippen molar-refractivity contribution in [1.82, 2.24) is 4.98 Å². The summed E-state index contributed by atoms with van der Waals surface area (Å²) in [5, 5.41) is 10.4. The predicted octanol–water partition coefficient (Wildman–Crippen LogP) is 8.96. The van der Waals surface area contributed by atoms with Crippen molar-refractivity contribution >= 4 is 41.6 Å². The maximum atomic E-state index is 15.1. The molecule has 1 aliphatic heterocycles. The Kier molecular flexibility index (Phi) is 9.05. The predicted molar refractivity (Wildman–Crippen MR) is 171 cm³/mol. The van der Waals surface area contributed by atoms with E-state index < -0.39 is 13.5 Å². The van der Waals surface area contributed by atoms with Crippen LogP contribution in [-0.4, -0.2) is 48.1 Å². The number of benzene rings is 1. The second-order valence-electron chi connectivity index (χ2n) is 11.7. The van der Waals surface area contributed by atoms with E-state index in [1.54, 1.807) is 6.20 Å². The molecule has 1 unspecified atom stereocenters. The normalized spacial score (nSPS) is 21.1. The van der Waals surface area contributed by atoms with E-state index in [2.05, 4.69) is 11.9 Å². The van der Waals surface area contributed by atoms with Crippen LogP contribution in [0.15, 0.2) is 59.1 Å². The number of carboxylic acids is 1. The molecular formula is C33H39N2O6PS. The maximum Gasteiger partial charge on any atom is 0.348 e. The fraction of sp³-hybridized carbons (Fsp3) is 0.455. The second-order valence-corrected chi connectivity index (χ2v) is 15.4. The minimum Gasteiger partial charge on any atom is -0.477 e. The van der Waals surface area contributed by atoms with Crippen LogP contribution in [0.3, 0.4) is 0 Å². The smallest absolute Gasteiger partial charge is 0.348 e. The second kappa shape index (κ2) is 12.9. The van der Waals surface area contributed by atoms with Gasteiger partial charge in [-0.1, -0.05) is 31.2 Å². The van der Waals surface area contributed by atoms with Crippen molar-refractivity contribution < 1.29 is 28.1 Å². The molecule has 43 heavy (non-hydrogen) atoms. The molecule has 1 atom stereocenters. The highest BCUT2D eigenvalue weighted by atomic mass is 32.1. The van der Waals surface area contributed by atoms with E-state index in [9.17, 15) is 9.90 Å². The van der Waals surface area contributed by atoms with Crippen molar-refractivity contribution in [2.75, 3.05) is 31.0 Å². The third-order valence-corrected chi connectivity index (χ3v) is 13.1. The number of aromatic nitrogens is 1. The molecule has 3 aromatic heterocycles. The fourth-order valence-corrected chi connectivity index (χ4v) is 10.4. The molecule has 6 rings (SSSR count). The van der Waals surface area contributed by atoms with Crippen molar-refractivity contribution in [3.05, 3.63) is 59.6 Å². The van der Waals surface area contributed by atoms with Gasteiger partial charge in [0.1, 0.15) is 16.2 Å². The summed E-state index contributed by atoms with van der Waals surface area (Å²) in [5.74, 6) is 0.541. The molecule has 4 aromatic rings. The summed E-state index contributed by atoms with van der Waals surface area (Å²) in [6.07, 6.45) is 7.08. The van der Waals surface area contributed by atoms with Crippen molar-refractivity contribution in [3.63, 3.8) is 0 Å². The molecule has 1 N–H and O–H groups in total. The summed E-state index contributed by atoms with van der Waals surface area (Å²) < 4.78 is 34.8. The van der Waals surface area contributed by atoms with Crippen LogP contribution in [0, 0.1) is 11.8 Å². The number of anilines is 1. The van der Waals surface area contributed by atoms with Gasteiger partial charge < -0.3 is 18.8 Å². The van der Waals surface area contributed by atoms with Gasteiger partial charge in [0.05, 0.1) is 18.0 Å². The third kappa shape index (κ3) is 6.32. The molecule has 1 saturated carbocycles. The first kappa shape index (κ1) is 30.1. The Labute approximate surface area is 256 Å². The molecule has 0 spiro atoms. The Morgan fingerprint density at radius 3 is 2.47 bits per heavy atom. The molecule has 1 saturated heterocycles. The summed E-state index contributed by atoms with van der Waals surface area (Å²) in [6, 6.07) is 15.5. The first-order chi connectivity index (χ1) is 20.9. The number of pyridine rings is 1. The molecule has 2 aliphatic rings. The number of ether oxygens (including phenoxy) is 1. The van der Waals surface area contributed by atoms with E-state index in [0.717, 1.165) is 71.4 Å². The number of carboxylic acid groups (broad SMARTS) is 1. The fourth-order valence-electron chi connectivity index (χ4n) is 6.34. The monoisotopic (exact) mass is 622 g/mol. The molecular weight excluding hydrogens is 583 g/mol. The molecule has 228 valence electrons. The van der Waals surface area contributed by atoms with Gasteiger partial charge in [0.25, 0.3) is 7.52 Å². The number of hydrogen-bond acceptors (Lipinski definition) is 7. The molecule has 0 amide bonds. The van der Waals surface area contributed by atoms with E-state index >= 15 is 4.57 Å². The largest absolute Gasteiger partial charge is 0.477 e. The molecule has 1 aromatic carbocycles. The standard InChI is InChI=1S/C33H39N2O6PS/c1-3-40-42(38,26-12-6-22(2)7-13-26)35(21-23-14-17-39-18-15-23)28-20-31(43-32(28)33(36)37)25-10-8-24(9-11-25)30-19-27-29(41-30)5-4-16-34-27/h4-5,8-11,16,19-20,22-23,26H,3,6-7,12-15,17-18,21H2,1-2H3,(H,36,37). The van der Waals surface area contributed by atoms with Crippen LogP contribution in [0.5, 0.6) is 0 Å². The molecule has 8 nitrogen and oxygen atoms in total. The molecule has 4 heterocycles. The number of rotatable bonds is 10. The van der Waals surface area contributed by atoms with E-state index in [1.807, 2.05) is 60.1 Å². The Morgan fingerprint density at radius 2 is 1.79 bits per heavy atom. The minimum atomic E-state index is -3.41. The highest BCUT2D eigenvalue weighted by Crippen LogP contribution is 2.62. The number of hydrogen-bond donors (Lipinski definition) is 1. The van der Waals surface area contributed by atoms with Gasteiger partial charge in [-0.3, -0.25) is 14.2 Å². The highest BCUT2D eigenvalue weighted by Gasteiger charge is 2.44. The van der Waals surface area contributed by atoms with Gasteiger partial charge in [0.2, 0.25) is 0 Å². The zero-order valence-electron chi connectivity index (χ0n) is 24.7. The van der Waals surface area contributed by atoms with Gasteiger partial charge in [-0.2, -0.15) is 0 Å². The van der Waals surface area contributed by atoms with Gasteiger partial charge in [-0.15, -0.1) is 11.3 Å². The molecule has 10 heteroatoms. The van der Waals surface area contributed by atoms with E-state index in [1.165, 1.54) is 11.3 Å². The summed E-state index contributed by atoms with van der Waals surface area (Å²) in [6.45, 7) is 6.24. The van der Waals surface area contributed by atoms with Gasteiger partial charge in [-0.05, 0) is 81.0 Å². The number of thiophene rings is 1. The first-order valence-corrected chi connectivity index (χ1v) is 17.7. The maximum absolute atomic E-state index is 15.1. The number of fused-ring (bicyclic) bond motifs is 1. The van der Waals surface area contributed by atoms with Gasteiger partial charge in [-0.25, -0.2) is 4.79 Å². The lowest BCUT2D eigenvalue weighted by atomic mass is 9.91. The number of carbonyl (C=O) groups is 1. The Morgan fingerprint density at radius 1 is 1.07 bits per heavy atom. The van der Waals surface area contributed by atoms with E-state index in [4.69, 9.17) is 13.7 Å². The Bertz CT molecular complexity index is 1570. The molecule has 1 aliphatic carbocycles. The van der Waals surface area contributed by atoms with Gasteiger partial charge in [0.15, 0.2) is 5.58 Å². The molecule has 2 fully saturated rings. The third-order valence-electron chi connectivity index (χ3n) is 8.80. The van der Waals surface area contributed by atoms with Crippen LogP contribution < -0.4 is 4.67 Å². The van der Waals surface area contributed by atoms with Crippen LogP contribution in [0.4, 0.5) is 5.69 Å². The minimum absolute atomic E-state index is 0.119. The van der Waals surface area contributed by atoms with Crippen molar-refractivity contribution in [2.45, 2.75) is 58.0 Å². The van der Waals surface area contributed by atoms with E-state index in [-0.39, 0.29) is 16.5 Å². The average molecular weight is 623 g/mol. The van der Waals surface area contributed by atoms with Crippen molar-refractivity contribution in [2.24, 2.45) is 11.8 Å². The summed E-state index contributed by atoms with van der Waals surface area (Å²) in [5.41, 5.74) is 3.71. The van der Waals surface area contributed by atoms with Gasteiger partial charge >= 0.3 is 5.97 Å². The Hall–Kier alpha value is -2.97. The van der Waals surface area contributed by atoms with Crippen molar-refractivity contribution in [1.29, 1.82) is 0 Å². The summed E-state index contributed by atoms with van der Waals surface area (Å²) >= 11 is 1.22. The van der Waals surface area contributed by atoms with Crippen LogP contribution >= 0.6 is 18.9 Å². The topological polar surface area (TPSA) is 102 Å². The SMILES string of the molecule is CCOP(=O)(C1CCC(C)CC1)N(CC1CCOCC1)c1cc(-c2ccc(-c3cc4ncccc4o3)cc2)sc1C(=O)O. The summed E-state index contributed by atoms with van der Waals surface area (Å²) in [7, 11) is -3.41. The van der Waals surface area contributed by atoms with Crippen molar-refractivity contribution in [3.8, 4) is 21.8 Å². The number of furan rings is 1. The van der Waals surface area contributed by atoms with Crippen LogP contribution in [-0.2, 0) is 13.8 Å². The van der Waals surface area contributed by atoms with Gasteiger partial charge in [0, 0.05) is 42.5 Å². The highest BCUT2D eigenvalue weighted by molar-refractivity contribution is 7.61. The van der Waals surface area contributed by atoms with Crippen LogP contribution in [0.25, 0.3) is 32.9 Å². The lowest BCUT2D eigenvalue weighted by Crippen LogP contribution is -2.36. The average Bonchev–Trinajstić information content (AvgIpc) is 3.66. The van der Waals surface area contributed by atoms with Crippen LogP contribution in [0.2, 0.25) is 0 Å². The van der Waals surface area contributed by atoms with E-state index in [0.29, 0.717) is 38.0 Å². The number of nitrogens with zero attached hydrogens (tertiary/aromatic N) is 2. The first-order valence-electron chi connectivity index (χ1n) is 15.3.